The smallest absolute Gasteiger partial charge is 0.409 e. The van der Waals surface area contributed by atoms with Crippen LogP contribution in [0.1, 0.15) is 17.3 Å². The number of Topliss-reactive ketones (excluding diaryl/α,β-unsaturated/α-hetero) is 1. The summed E-state index contributed by atoms with van der Waals surface area (Å²) in [6.45, 7) is 4.82. The molecule has 24 heavy (non-hydrogen) atoms. The van der Waals surface area contributed by atoms with E-state index in [-0.39, 0.29) is 6.09 Å². The third-order valence-electron chi connectivity index (χ3n) is 4.17. The van der Waals surface area contributed by atoms with Crippen LogP contribution in [0.3, 0.4) is 0 Å². The van der Waals surface area contributed by atoms with Crippen molar-refractivity contribution in [1.82, 2.24) is 9.80 Å². The number of amides is 2. The Balaban J connectivity index is 1.65. The third kappa shape index (κ3) is 3.16. The SMILES string of the molecule is CCOC(=O)N1CCN(CN2C(=O)C(=O)c3cc(Br)ccc32)CC1. The number of carbonyl (C=O) groups excluding carboxylic acids is 3. The van der Waals surface area contributed by atoms with Crippen molar-refractivity contribution in [2.75, 3.05) is 44.4 Å². The molecule has 0 spiro atoms. The molecule has 8 heteroatoms. The number of benzene rings is 1. The van der Waals surface area contributed by atoms with Crippen LogP contribution in [-0.2, 0) is 9.53 Å². The van der Waals surface area contributed by atoms with Crippen LogP contribution in [0.4, 0.5) is 10.5 Å². The van der Waals surface area contributed by atoms with Gasteiger partial charge in [0.2, 0.25) is 0 Å². The molecule has 0 saturated carbocycles. The summed E-state index contributed by atoms with van der Waals surface area (Å²) in [5.41, 5.74) is 1.07. The first-order valence-electron chi connectivity index (χ1n) is 7.81. The minimum atomic E-state index is -0.504. The van der Waals surface area contributed by atoms with Crippen molar-refractivity contribution >= 4 is 39.4 Å². The molecule has 2 heterocycles. The molecular formula is C16H18BrN3O4. The lowest BCUT2D eigenvalue weighted by Crippen LogP contribution is -2.52. The number of halogens is 1. The molecule has 1 fully saturated rings. The van der Waals surface area contributed by atoms with Crippen LogP contribution in [-0.4, -0.2) is 67.0 Å². The quantitative estimate of drug-likeness (QED) is 0.728. The zero-order valence-corrected chi connectivity index (χ0v) is 14.9. The molecule has 1 saturated heterocycles. The normalized spacial score (nSPS) is 18.1. The molecule has 7 nitrogen and oxygen atoms in total. The fourth-order valence-corrected chi connectivity index (χ4v) is 3.26. The number of nitrogens with zero attached hydrogens (tertiary/aromatic N) is 3. The second-order valence-electron chi connectivity index (χ2n) is 5.67. The molecule has 128 valence electrons. The number of hydrogen-bond acceptors (Lipinski definition) is 5. The second kappa shape index (κ2) is 6.90. The monoisotopic (exact) mass is 395 g/mol. The highest BCUT2D eigenvalue weighted by Crippen LogP contribution is 2.31. The topological polar surface area (TPSA) is 70.2 Å². The maximum Gasteiger partial charge on any atom is 0.409 e. The Morgan fingerprint density at radius 2 is 1.92 bits per heavy atom. The Morgan fingerprint density at radius 3 is 2.58 bits per heavy atom. The number of piperazine rings is 1. The average Bonchev–Trinajstić information content (AvgIpc) is 2.80. The number of carbonyl (C=O) groups is 3. The van der Waals surface area contributed by atoms with Crippen molar-refractivity contribution in [2.24, 2.45) is 0 Å². The van der Waals surface area contributed by atoms with Gasteiger partial charge < -0.3 is 9.64 Å². The predicted octanol–water partition coefficient (Wildman–Crippen LogP) is 1.71. The fraction of sp³-hybridized carbons (Fsp3) is 0.438. The van der Waals surface area contributed by atoms with Gasteiger partial charge in [0.15, 0.2) is 0 Å². The molecule has 2 amide bonds. The van der Waals surface area contributed by atoms with Crippen molar-refractivity contribution in [3.8, 4) is 0 Å². The standard InChI is InChI=1S/C16H18BrN3O4/c1-2-24-16(23)19-7-5-18(6-8-19)10-20-13-4-3-11(17)9-12(13)14(21)15(20)22/h3-4,9H,2,5-8,10H2,1H3. The second-order valence-corrected chi connectivity index (χ2v) is 6.58. The Hall–Kier alpha value is -1.93. The zero-order valence-electron chi connectivity index (χ0n) is 13.3. The van der Waals surface area contributed by atoms with Gasteiger partial charge in [-0.15, -0.1) is 0 Å². The van der Waals surface area contributed by atoms with Gasteiger partial charge >= 0.3 is 12.0 Å². The minimum absolute atomic E-state index is 0.306. The van der Waals surface area contributed by atoms with E-state index < -0.39 is 11.7 Å². The maximum atomic E-state index is 12.3. The van der Waals surface area contributed by atoms with Gasteiger partial charge in [0.1, 0.15) is 0 Å². The first kappa shape index (κ1) is 16.9. The Bertz CT molecular complexity index is 686. The van der Waals surface area contributed by atoms with Gasteiger partial charge in [0.25, 0.3) is 5.78 Å². The molecule has 0 N–H and O–H groups in total. The number of ketones is 1. The van der Waals surface area contributed by atoms with Crippen LogP contribution in [0.25, 0.3) is 0 Å². The number of anilines is 1. The average molecular weight is 396 g/mol. The van der Waals surface area contributed by atoms with Gasteiger partial charge in [0.05, 0.1) is 24.5 Å². The van der Waals surface area contributed by atoms with Crippen LogP contribution in [0.5, 0.6) is 0 Å². The molecule has 1 aromatic rings. The number of rotatable bonds is 3. The summed E-state index contributed by atoms with van der Waals surface area (Å²) in [5.74, 6) is -0.979. The highest BCUT2D eigenvalue weighted by Gasteiger charge is 2.37. The van der Waals surface area contributed by atoms with Gasteiger partial charge in [-0.05, 0) is 25.1 Å². The van der Waals surface area contributed by atoms with Gasteiger partial charge in [-0.2, -0.15) is 0 Å². The van der Waals surface area contributed by atoms with Gasteiger partial charge in [0, 0.05) is 30.7 Å². The predicted molar refractivity (Wildman–Crippen MR) is 91.0 cm³/mol. The van der Waals surface area contributed by atoms with Crippen LogP contribution < -0.4 is 4.90 Å². The summed E-state index contributed by atoms with van der Waals surface area (Å²) >= 11 is 3.32. The van der Waals surface area contributed by atoms with E-state index in [0.717, 1.165) is 4.47 Å². The molecule has 2 aliphatic heterocycles. The van der Waals surface area contributed by atoms with Crippen LogP contribution in [0, 0.1) is 0 Å². The summed E-state index contributed by atoms with van der Waals surface area (Å²) in [7, 11) is 0. The largest absolute Gasteiger partial charge is 0.450 e. The lowest BCUT2D eigenvalue weighted by atomic mass is 10.1. The van der Waals surface area contributed by atoms with Crippen molar-refractivity contribution in [2.45, 2.75) is 6.92 Å². The van der Waals surface area contributed by atoms with Crippen molar-refractivity contribution in [3.05, 3.63) is 28.2 Å². The summed E-state index contributed by atoms with van der Waals surface area (Å²) in [6.07, 6.45) is -0.306. The van der Waals surface area contributed by atoms with Gasteiger partial charge in [-0.25, -0.2) is 4.79 Å². The molecule has 0 atom stereocenters. The van der Waals surface area contributed by atoms with Gasteiger partial charge in [-0.1, -0.05) is 15.9 Å². The third-order valence-corrected chi connectivity index (χ3v) is 4.67. The summed E-state index contributed by atoms with van der Waals surface area (Å²) in [4.78, 5) is 41.3. The van der Waals surface area contributed by atoms with E-state index in [4.69, 9.17) is 4.74 Å². The Morgan fingerprint density at radius 1 is 1.21 bits per heavy atom. The van der Waals surface area contributed by atoms with E-state index in [1.54, 1.807) is 24.0 Å². The number of fused-ring (bicyclic) bond motifs is 1. The molecular weight excluding hydrogens is 378 g/mol. The van der Waals surface area contributed by atoms with Crippen LogP contribution in [0.2, 0.25) is 0 Å². The Kier molecular flexibility index (Phi) is 4.86. The minimum Gasteiger partial charge on any atom is -0.450 e. The van der Waals surface area contributed by atoms with Crippen molar-refractivity contribution < 1.29 is 19.1 Å². The van der Waals surface area contributed by atoms with E-state index in [1.165, 1.54) is 4.90 Å². The zero-order chi connectivity index (χ0) is 17.3. The lowest BCUT2D eigenvalue weighted by Gasteiger charge is -2.35. The van der Waals surface area contributed by atoms with E-state index in [1.807, 2.05) is 6.07 Å². The highest BCUT2D eigenvalue weighted by molar-refractivity contribution is 9.10. The summed E-state index contributed by atoms with van der Waals surface area (Å²) in [5, 5.41) is 0. The van der Waals surface area contributed by atoms with E-state index >= 15 is 0 Å². The fourth-order valence-electron chi connectivity index (χ4n) is 2.90. The molecule has 0 bridgehead atoms. The molecule has 0 unspecified atom stereocenters. The molecule has 0 aliphatic carbocycles. The summed E-state index contributed by atoms with van der Waals surface area (Å²) < 4.78 is 5.76. The number of hydrogen-bond donors (Lipinski definition) is 0. The first-order chi connectivity index (χ1) is 11.5. The first-order valence-corrected chi connectivity index (χ1v) is 8.60. The number of ether oxygens (including phenoxy) is 1. The molecule has 1 aromatic carbocycles. The van der Waals surface area contributed by atoms with E-state index in [9.17, 15) is 14.4 Å². The molecule has 0 aromatic heterocycles. The molecule has 3 rings (SSSR count). The lowest BCUT2D eigenvalue weighted by molar-refractivity contribution is -0.114. The Labute approximate surface area is 148 Å². The van der Waals surface area contributed by atoms with Crippen molar-refractivity contribution in [3.63, 3.8) is 0 Å². The van der Waals surface area contributed by atoms with Crippen LogP contribution in [0.15, 0.2) is 22.7 Å². The summed E-state index contributed by atoms with van der Waals surface area (Å²) in [6, 6.07) is 5.27. The molecule has 2 aliphatic rings. The van der Waals surface area contributed by atoms with Crippen molar-refractivity contribution in [1.29, 1.82) is 0 Å². The van der Waals surface area contributed by atoms with E-state index in [0.29, 0.717) is 50.7 Å². The van der Waals surface area contributed by atoms with Crippen LogP contribution >= 0.6 is 15.9 Å². The van der Waals surface area contributed by atoms with Gasteiger partial charge in [-0.3, -0.25) is 19.4 Å². The maximum absolute atomic E-state index is 12.3. The van der Waals surface area contributed by atoms with E-state index in [2.05, 4.69) is 20.8 Å². The highest BCUT2D eigenvalue weighted by atomic mass is 79.9. The molecule has 0 radical (unpaired) electrons.